The van der Waals surface area contributed by atoms with Crippen LogP contribution < -0.4 is 9.64 Å². The standard InChI is InChI=1S/C23H27N3O3S/c1-15-13-24(14-16(2)29-15)18-5-7-19(8-6-18)25-17(3)22(27)26(23(25)30)20-9-11-21(28-4)12-10-20/h5-12,15-16,27H,13-14H2,1-4H3/t15-,16+. The molecule has 0 unspecified atom stereocenters. The Morgan fingerprint density at radius 2 is 1.40 bits per heavy atom. The van der Waals surface area contributed by atoms with E-state index >= 15 is 0 Å². The molecule has 7 heteroatoms. The fraction of sp³-hybridized carbons (Fsp3) is 0.348. The molecule has 0 bridgehead atoms. The molecule has 0 amide bonds. The number of anilines is 1. The van der Waals surface area contributed by atoms with Crippen molar-refractivity contribution in [2.45, 2.75) is 33.0 Å². The summed E-state index contributed by atoms with van der Waals surface area (Å²) >= 11 is 5.72. The maximum absolute atomic E-state index is 10.8. The first-order chi connectivity index (χ1) is 14.4. The molecule has 1 saturated heterocycles. The summed E-state index contributed by atoms with van der Waals surface area (Å²) in [6.07, 6.45) is 0.416. The number of morpholine rings is 1. The molecule has 1 aromatic heterocycles. The Morgan fingerprint density at radius 1 is 0.900 bits per heavy atom. The largest absolute Gasteiger partial charge is 0.497 e. The number of imidazole rings is 1. The average molecular weight is 426 g/mol. The molecule has 0 radical (unpaired) electrons. The van der Waals surface area contributed by atoms with Crippen LogP contribution in [0.25, 0.3) is 11.4 Å². The van der Waals surface area contributed by atoms with Gasteiger partial charge in [-0.2, -0.15) is 0 Å². The van der Waals surface area contributed by atoms with Crippen LogP contribution in [-0.4, -0.2) is 46.6 Å². The monoisotopic (exact) mass is 425 g/mol. The molecular weight excluding hydrogens is 398 g/mol. The molecule has 0 spiro atoms. The van der Waals surface area contributed by atoms with Crippen LogP contribution in [0, 0.1) is 11.7 Å². The number of nitrogens with zero attached hydrogens (tertiary/aromatic N) is 3. The first kappa shape index (κ1) is 20.5. The van der Waals surface area contributed by atoms with Gasteiger partial charge in [0, 0.05) is 24.5 Å². The number of methoxy groups -OCH3 is 1. The van der Waals surface area contributed by atoms with E-state index in [-0.39, 0.29) is 18.1 Å². The minimum atomic E-state index is 0.130. The molecule has 2 atom stereocenters. The second kappa shape index (κ2) is 8.16. The normalized spacial score (nSPS) is 19.1. The van der Waals surface area contributed by atoms with Gasteiger partial charge in [0.2, 0.25) is 5.88 Å². The number of ether oxygens (including phenoxy) is 2. The Morgan fingerprint density at radius 3 is 1.97 bits per heavy atom. The highest BCUT2D eigenvalue weighted by Crippen LogP contribution is 2.30. The van der Waals surface area contributed by atoms with Crippen LogP contribution in [0.15, 0.2) is 48.5 Å². The molecule has 158 valence electrons. The van der Waals surface area contributed by atoms with Gasteiger partial charge in [-0.05, 0) is 81.5 Å². The third kappa shape index (κ3) is 3.70. The van der Waals surface area contributed by atoms with Crippen LogP contribution in [0.3, 0.4) is 0 Å². The van der Waals surface area contributed by atoms with E-state index in [2.05, 4.69) is 30.9 Å². The van der Waals surface area contributed by atoms with E-state index < -0.39 is 0 Å². The lowest BCUT2D eigenvalue weighted by atomic mass is 10.2. The second-order valence-corrected chi connectivity index (χ2v) is 8.10. The van der Waals surface area contributed by atoms with Gasteiger partial charge in [-0.15, -0.1) is 0 Å². The van der Waals surface area contributed by atoms with E-state index in [0.29, 0.717) is 10.5 Å². The zero-order valence-electron chi connectivity index (χ0n) is 17.7. The van der Waals surface area contributed by atoms with Crippen molar-refractivity contribution in [2.24, 2.45) is 0 Å². The summed E-state index contributed by atoms with van der Waals surface area (Å²) in [7, 11) is 1.63. The van der Waals surface area contributed by atoms with Crippen LogP contribution in [0.4, 0.5) is 5.69 Å². The highest BCUT2D eigenvalue weighted by molar-refractivity contribution is 7.71. The maximum Gasteiger partial charge on any atom is 0.218 e. The molecule has 4 rings (SSSR count). The van der Waals surface area contributed by atoms with Gasteiger partial charge in [0.05, 0.1) is 30.7 Å². The Labute approximate surface area is 181 Å². The lowest BCUT2D eigenvalue weighted by molar-refractivity contribution is -0.00521. The number of benzene rings is 2. The minimum Gasteiger partial charge on any atom is -0.497 e. The third-order valence-corrected chi connectivity index (χ3v) is 5.84. The fourth-order valence-corrected chi connectivity index (χ4v) is 4.50. The molecule has 1 N–H and O–H groups in total. The predicted molar refractivity (Wildman–Crippen MR) is 121 cm³/mol. The van der Waals surface area contributed by atoms with Gasteiger partial charge in [0.1, 0.15) is 5.75 Å². The van der Waals surface area contributed by atoms with Crippen molar-refractivity contribution in [3.8, 4) is 23.0 Å². The fourth-order valence-electron chi connectivity index (χ4n) is 4.07. The van der Waals surface area contributed by atoms with Crippen LogP contribution in [0.2, 0.25) is 0 Å². The van der Waals surface area contributed by atoms with Crippen molar-refractivity contribution in [3.63, 3.8) is 0 Å². The van der Waals surface area contributed by atoms with E-state index in [0.717, 1.165) is 35.9 Å². The lowest BCUT2D eigenvalue weighted by Gasteiger charge is -2.36. The average Bonchev–Trinajstić information content (AvgIpc) is 2.96. The minimum absolute atomic E-state index is 0.130. The highest BCUT2D eigenvalue weighted by atomic mass is 32.1. The molecule has 1 aliphatic rings. The second-order valence-electron chi connectivity index (χ2n) is 7.74. The van der Waals surface area contributed by atoms with Gasteiger partial charge in [0.25, 0.3) is 0 Å². The molecule has 30 heavy (non-hydrogen) atoms. The lowest BCUT2D eigenvalue weighted by Crippen LogP contribution is -2.45. The summed E-state index contributed by atoms with van der Waals surface area (Å²) in [5, 5.41) is 10.8. The summed E-state index contributed by atoms with van der Waals surface area (Å²) in [5.74, 6) is 0.883. The van der Waals surface area contributed by atoms with Crippen molar-refractivity contribution in [2.75, 3.05) is 25.1 Å². The van der Waals surface area contributed by atoms with E-state index in [1.807, 2.05) is 47.9 Å². The zero-order chi connectivity index (χ0) is 21.4. The Balaban J connectivity index is 1.68. The van der Waals surface area contributed by atoms with Gasteiger partial charge >= 0.3 is 0 Å². The van der Waals surface area contributed by atoms with Crippen LogP contribution in [0.1, 0.15) is 19.5 Å². The van der Waals surface area contributed by atoms with Crippen molar-refractivity contribution in [1.82, 2.24) is 9.13 Å². The first-order valence-corrected chi connectivity index (χ1v) is 10.5. The Kier molecular flexibility index (Phi) is 5.58. The van der Waals surface area contributed by atoms with Gasteiger partial charge < -0.3 is 19.5 Å². The van der Waals surface area contributed by atoms with E-state index in [1.165, 1.54) is 0 Å². The molecule has 1 aliphatic heterocycles. The third-order valence-electron chi connectivity index (χ3n) is 5.48. The van der Waals surface area contributed by atoms with Crippen LogP contribution in [0.5, 0.6) is 11.6 Å². The number of rotatable bonds is 4. The summed E-state index contributed by atoms with van der Waals surface area (Å²) in [5.41, 5.74) is 3.55. The first-order valence-electron chi connectivity index (χ1n) is 10.1. The summed E-state index contributed by atoms with van der Waals surface area (Å²) in [6, 6.07) is 15.7. The van der Waals surface area contributed by atoms with E-state index in [9.17, 15) is 5.11 Å². The quantitative estimate of drug-likeness (QED) is 0.618. The van der Waals surface area contributed by atoms with Crippen molar-refractivity contribution in [3.05, 3.63) is 59.0 Å². The molecule has 1 fully saturated rings. The summed E-state index contributed by atoms with van der Waals surface area (Å²) < 4.78 is 15.1. The molecule has 2 aromatic carbocycles. The maximum atomic E-state index is 10.8. The zero-order valence-corrected chi connectivity index (χ0v) is 18.5. The number of hydrogen-bond acceptors (Lipinski definition) is 5. The van der Waals surface area contributed by atoms with Crippen LogP contribution in [-0.2, 0) is 4.74 Å². The van der Waals surface area contributed by atoms with Gasteiger partial charge in [-0.1, -0.05) is 0 Å². The number of aromatic nitrogens is 2. The Hall–Kier alpha value is -2.77. The molecule has 6 nitrogen and oxygen atoms in total. The predicted octanol–water partition coefficient (Wildman–Crippen LogP) is 4.63. The summed E-state index contributed by atoms with van der Waals surface area (Å²) in [6.45, 7) is 7.81. The smallest absolute Gasteiger partial charge is 0.218 e. The van der Waals surface area contributed by atoms with Crippen molar-refractivity contribution < 1.29 is 14.6 Å². The molecular formula is C23H27N3O3S. The molecule has 0 saturated carbocycles. The molecule has 2 heterocycles. The number of hydrogen-bond donors (Lipinski definition) is 1. The van der Waals surface area contributed by atoms with E-state index in [4.69, 9.17) is 21.7 Å². The van der Waals surface area contributed by atoms with Crippen molar-refractivity contribution in [1.29, 1.82) is 0 Å². The topological polar surface area (TPSA) is 51.8 Å². The molecule has 0 aliphatic carbocycles. The van der Waals surface area contributed by atoms with Gasteiger partial charge in [-0.25, -0.2) is 0 Å². The van der Waals surface area contributed by atoms with Crippen LogP contribution >= 0.6 is 12.2 Å². The van der Waals surface area contributed by atoms with Gasteiger partial charge in [0.15, 0.2) is 4.77 Å². The van der Waals surface area contributed by atoms with Crippen molar-refractivity contribution >= 4 is 17.9 Å². The SMILES string of the molecule is COc1ccc(-n2c(O)c(C)n(-c3ccc(N4C[C@@H](C)O[C@@H](C)C4)cc3)c2=S)cc1. The Bertz CT molecular complexity index is 1080. The number of aromatic hydroxyl groups is 1. The summed E-state index contributed by atoms with van der Waals surface area (Å²) in [4.78, 5) is 2.34. The van der Waals surface area contributed by atoms with E-state index in [1.54, 1.807) is 11.7 Å². The van der Waals surface area contributed by atoms with Gasteiger partial charge in [-0.3, -0.25) is 9.13 Å². The molecule has 3 aromatic rings. The highest BCUT2D eigenvalue weighted by Gasteiger charge is 2.22.